The van der Waals surface area contributed by atoms with E-state index in [1.807, 2.05) is 6.92 Å². The zero-order chi connectivity index (χ0) is 10.5. The Hall–Kier alpha value is -0.770. The summed E-state index contributed by atoms with van der Waals surface area (Å²) in [4.78, 5) is 24.7. The third-order valence-corrected chi connectivity index (χ3v) is 3.51. The second kappa shape index (κ2) is 2.86. The lowest BCUT2D eigenvalue weighted by atomic mass is 10.1. The minimum atomic E-state index is -0.575. The largest absolute Gasteiger partial charge is 0.325 e. The van der Waals surface area contributed by atoms with Crippen LogP contribution in [-0.4, -0.2) is 27.9 Å². The fraction of sp³-hybridized carbons (Fsp3) is 0.778. The van der Waals surface area contributed by atoms with Gasteiger partial charge < -0.3 is 5.32 Å². The summed E-state index contributed by atoms with van der Waals surface area (Å²) in [5.41, 5.74) is -0.833. The van der Waals surface area contributed by atoms with Crippen molar-refractivity contribution in [1.82, 2.24) is 10.2 Å². The van der Waals surface area contributed by atoms with E-state index in [0.29, 0.717) is 0 Å². The minimum absolute atomic E-state index is 0.159. The Balaban J connectivity index is 2.24. The fourth-order valence-corrected chi connectivity index (χ4v) is 1.85. The molecular weight excluding hydrogens is 204 g/mol. The number of urea groups is 1. The fourth-order valence-electron chi connectivity index (χ4n) is 1.65. The molecule has 0 aromatic rings. The topological polar surface area (TPSA) is 49.4 Å². The van der Waals surface area contributed by atoms with Crippen LogP contribution in [0.5, 0.6) is 0 Å². The quantitative estimate of drug-likeness (QED) is 0.531. The van der Waals surface area contributed by atoms with E-state index in [4.69, 9.17) is 11.6 Å². The van der Waals surface area contributed by atoms with E-state index in [-0.39, 0.29) is 23.4 Å². The van der Waals surface area contributed by atoms with Crippen LogP contribution in [0.15, 0.2) is 0 Å². The summed E-state index contributed by atoms with van der Waals surface area (Å²) in [6.45, 7) is 3.66. The normalized spacial score (nSPS) is 35.5. The van der Waals surface area contributed by atoms with Crippen LogP contribution in [0.1, 0.15) is 26.7 Å². The molecule has 0 spiro atoms. The SMILES string of the molecule is CC1C(=O)N(C2(C)CC2)C(=O)NC1Cl. The lowest BCUT2D eigenvalue weighted by Crippen LogP contribution is -2.60. The minimum Gasteiger partial charge on any atom is -0.321 e. The van der Waals surface area contributed by atoms with Crippen LogP contribution < -0.4 is 5.32 Å². The number of halogens is 1. The van der Waals surface area contributed by atoms with Gasteiger partial charge in [0, 0.05) is 5.54 Å². The van der Waals surface area contributed by atoms with Crippen molar-refractivity contribution in [1.29, 1.82) is 0 Å². The van der Waals surface area contributed by atoms with Gasteiger partial charge in [-0.3, -0.25) is 9.69 Å². The molecule has 1 saturated heterocycles. The number of alkyl halides is 1. The molecule has 2 unspecified atom stereocenters. The first kappa shape index (κ1) is 9.77. The number of imide groups is 1. The zero-order valence-electron chi connectivity index (χ0n) is 8.21. The molecule has 1 aliphatic carbocycles. The van der Waals surface area contributed by atoms with Crippen molar-refractivity contribution in [3.8, 4) is 0 Å². The second-order valence-electron chi connectivity index (χ2n) is 4.31. The van der Waals surface area contributed by atoms with Crippen LogP contribution in [0.4, 0.5) is 4.79 Å². The molecule has 2 atom stereocenters. The monoisotopic (exact) mass is 216 g/mol. The molecule has 2 fully saturated rings. The average molecular weight is 217 g/mol. The van der Waals surface area contributed by atoms with Gasteiger partial charge in [-0.15, -0.1) is 0 Å². The van der Waals surface area contributed by atoms with Crippen LogP contribution in [0.25, 0.3) is 0 Å². The van der Waals surface area contributed by atoms with Crippen LogP contribution in [0.2, 0.25) is 0 Å². The predicted molar refractivity (Wildman–Crippen MR) is 51.8 cm³/mol. The van der Waals surface area contributed by atoms with Gasteiger partial charge in [0.2, 0.25) is 5.91 Å². The zero-order valence-corrected chi connectivity index (χ0v) is 8.97. The molecule has 14 heavy (non-hydrogen) atoms. The number of rotatable bonds is 1. The van der Waals surface area contributed by atoms with Crippen molar-refractivity contribution in [3.05, 3.63) is 0 Å². The van der Waals surface area contributed by atoms with Gasteiger partial charge in [0.15, 0.2) is 0 Å². The van der Waals surface area contributed by atoms with E-state index >= 15 is 0 Å². The Morgan fingerprint density at radius 1 is 1.50 bits per heavy atom. The smallest absolute Gasteiger partial charge is 0.321 e. The molecule has 78 valence electrons. The van der Waals surface area contributed by atoms with E-state index in [9.17, 15) is 9.59 Å². The first-order chi connectivity index (χ1) is 6.46. The van der Waals surface area contributed by atoms with Gasteiger partial charge in [0.25, 0.3) is 0 Å². The van der Waals surface area contributed by atoms with Crippen molar-refractivity contribution in [2.45, 2.75) is 37.7 Å². The number of nitrogens with zero attached hydrogens (tertiary/aromatic N) is 1. The molecule has 1 N–H and O–H groups in total. The summed E-state index contributed by atoms with van der Waals surface area (Å²) in [6.07, 6.45) is 1.79. The number of nitrogens with one attached hydrogen (secondary N) is 1. The second-order valence-corrected chi connectivity index (χ2v) is 4.78. The van der Waals surface area contributed by atoms with Crippen LogP contribution in [-0.2, 0) is 4.79 Å². The van der Waals surface area contributed by atoms with Crippen molar-refractivity contribution >= 4 is 23.5 Å². The summed E-state index contributed by atoms with van der Waals surface area (Å²) < 4.78 is 0. The Morgan fingerprint density at radius 3 is 2.57 bits per heavy atom. The van der Waals surface area contributed by atoms with E-state index < -0.39 is 5.50 Å². The third-order valence-electron chi connectivity index (χ3n) is 3.03. The molecule has 2 rings (SSSR count). The van der Waals surface area contributed by atoms with Crippen molar-refractivity contribution < 1.29 is 9.59 Å². The molecule has 5 heteroatoms. The molecule has 0 radical (unpaired) electrons. The molecule has 0 aromatic heterocycles. The molecule has 1 heterocycles. The third kappa shape index (κ3) is 1.29. The van der Waals surface area contributed by atoms with Crippen LogP contribution in [0.3, 0.4) is 0 Å². The first-order valence-electron chi connectivity index (χ1n) is 4.74. The highest BCUT2D eigenvalue weighted by atomic mass is 35.5. The van der Waals surface area contributed by atoms with E-state index in [1.54, 1.807) is 6.92 Å². The first-order valence-corrected chi connectivity index (χ1v) is 5.18. The van der Waals surface area contributed by atoms with E-state index in [2.05, 4.69) is 5.32 Å². The number of carbonyl (C=O) groups excluding carboxylic acids is 2. The molecule has 0 bridgehead atoms. The number of carbonyl (C=O) groups is 2. The van der Waals surface area contributed by atoms with Gasteiger partial charge in [0.1, 0.15) is 5.50 Å². The Labute approximate surface area is 87.6 Å². The van der Waals surface area contributed by atoms with Crippen LogP contribution >= 0.6 is 11.6 Å². The highest BCUT2D eigenvalue weighted by Crippen LogP contribution is 2.43. The number of hydrogen-bond donors (Lipinski definition) is 1. The highest BCUT2D eigenvalue weighted by molar-refractivity contribution is 6.24. The van der Waals surface area contributed by atoms with Gasteiger partial charge in [0.05, 0.1) is 5.92 Å². The molecular formula is C9H13ClN2O2. The summed E-state index contributed by atoms with van der Waals surface area (Å²) in [5, 5.41) is 2.59. The van der Waals surface area contributed by atoms with Crippen molar-refractivity contribution in [2.75, 3.05) is 0 Å². The lowest BCUT2D eigenvalue weighted by molar-refractivity contribution is -0.136. The maximum absolute atomic E-state index is 11.8. The maximum Gasteiger partial charge on any atom is 0.325 e. The molecule has 2 aliphatic rings. The summed E-state index contributed by atoms with van der Waals surface area (Å²) in [7, 11) is 0. The lowest BCUT2D eigenvalue weighted by Gasteiger charge is -2.36. The standard InChI is InChI=1S/C9H13ClN2O2/c1-5-6(10)11-8(14)12(7(5)13)9(2)3-4-9/h5-6H,3-4H2,1-2H3,(H,11,14). The predicted octanol–water partition coefficient (Wildman–Crippen LogP) is 1.29. The van der Waals surface area contributed by atoms with Crippen molar-refractivity contribution in [2.24, 2.45) is 5.92 Å². The van der Waals surface area contributed by atoms with E-state index in [0.717, 1.165) is 12.8 Å². The Kier molecular flexibility index (Phi) is 2.00. The summed E-state index contributed by atoms with van der Waals surface area (Å²) in [6, 6.07) is -0.354. The summed E-state index contributed by atoms with van der Waals surface area (Å²) in [5.74, 6) is -0.499. The van der Waals surface area contributed by atoms with Crippen LogP contribution in [0, 0.1) is 5.92 Å². The molecule has 3 amide bonds. The number of hydrogen-bond acceptors (Lipinski definition) is 2. The summed E-state index contributed by atoms with van der Waals surface area (Å²) >= 11 is 5.81. The van der Waals surface area contributed by atoms with Crippen molar-refractivity contribution in [3.63, 3.8) is 0 Å². The molecule has 4 nitrogen and oxygen atoms in total. The Morgan fingerprint density at radius 2 is 2.07 bits per heavy atom. The van der Waals surface area contributed by atoms with E-state index in [1.165, 1.54) is 4.90 Å². The number of amides is 3. The highest BCUT2D eigenvalue weighted by Gasteiger charge is 2.52. The molecule has 0 aromatic carbocycles. The molecule has 1 aliphatic heterocycles. The van der Waals surface area contributed by atoms with Gasteiger partial charge in [-0.2, -0.15) is 0 Å². The Bertz CT molecular complexity index is 301. The van der Waals surface area contributed by atoms with Gasteiger partial charge >= 0.3 is 6.03 Å². The average Bonchev–Trinajstić information content (AvgIpc) is 2.80. The van der Waals surface area contributed by atoms with Gasteiger partial charge in [-0.1, -0.05) is 18.5 Å². The molecule has 1 saturated carbocycles. The maximum atomic E-state index is 11.8. The van der Waals surface area contributed by atoms with Gasteiger partial charge in [-0.25, -0.2) is 4.79 Å². The van der Waals surface area contributed by atoms with Gasteiger partial charge in [-0.05, 0) is 19.8 Å².